The molecule has 0 bridgehead atoms. The molecule has 0 aliphatic carbocycles. The van der Waals surface area contributed by atoms with Crippen LogP contribution in [0.2, 0.25) is 0 Å². The Morgan fingerprint density at radius 2 is 1.89 bits per heavy atom. The summed E-state index contributed by atoms with van der Waals surface area (Å²) in [4.78, 5) is 0. The summed E-state index contributed by atoms with van der Waals surface area (Å²) >= 11 is 6.42. The number of halogens is 2. The zero-order valence-electron chi connectivity index (χ0n) is 10.4. The molecule has 98 valence electrons. The second kappa shape index (κ2) is 6.39. The SMILES string of the molecule is C=CCOc1c(F)cccc1C(Cl)c1ccccc1. The van der Waals surface area contributed by atoms with E-state index in [1.165, 1.54) is 6.07 Å². The monoisotopic (exact) mass is 276 g/mol. The molecule has 0 spiro atoms. The third kappa shape index (κ3) is 3.15. The maximum Gasteiger partial charge on any atom is 0.165 e. The summed E-state index contributed by atoms with van der Waals surface area (Å²) < 4.78 is 19.2. The van der Waals surface area contributed by atoms with Gasteiger partial charge in [-0.3, -0.25) is 0 Å². The van der Waals surface area contributed by atoms with Crippen molar-refractivity contribution in [3.63, 3.8) is 0 Å². The quantitative estimate of drug-likeness (QED) is 0.567. The van der Waals surface area contributed by atoms with Gasteiger partial charge in [0.05, 0.1) is 5.38 Å². The van der Waals surface area contributed by atoms with Crippen molar-refractivity contribution < 1.29 is 9.13 Å². The molecule has 2 aromatic carbocycles. The van der Waals surface area contributed by atoms with Gasteiger partial charge in [-0.15, -0.1) is 11.6 Å². The van der Waals surface area contributed by atoms with Gasteiger partial charge in [0, 0.05) is 5.56 Å². The minimum absolute atomic E-state index is 0.186. The van der Waals surface area contributed by atoms with Crippen molar-refractivity contribution in [1.29, 1.82) is 0 Å². The first-order chi connectivity index (χ1) is 9.24. The van der Waals surface area contributed by atoms with Crippen LogP contribution in [-0.4, -0.2) is 6.61 Å². The summed E-state index contributed by atoms with van der Waals surface area (Å²) in [6, 6.07) is 14.3. The van der Waals surface area contributed by atoms with Gasteiger partial charge in [-0.05, 0) is 11.6 Å². The largest absolute Gasteiger partial charge is 0.486 e. The number of rotatable bonds is 5. The van der Waals surface area contributed by atoms with E-state index in [9.17, 15) is 4.39 Å². The van der Waals surface area contributed by atoms with E-state index in [0.717, 1.165) is 5.56 Å². The number of hydrogen-bond acceptors (Lipinski definition) is 1. The molecule has 2 rings (SSSR count). The topological polar surface area (TPSA) is 9.23 Å². The van der Waals surface area contributed by atoms with E-state index < -0.39 is 11.2 Å². The van der Waals surface area contributed by atoms with Crippen molar-refractivity contribution in [3.05, 3.63) is 78.1 Å². The number of alkyl halides is 1. The predicted molar refractivity (Wildman–Crippen MR) is 76.2 cm³/mol. The summed E-state index contributed by atoms with van der Waals surface area (Å²) in [5.41, 5.74) is 1.52. The predicted octanol–water partition coefficient (Wildman–Crippen LogP) is 4.72. The molecule has 2 aromatic rings. The second-order valence-electron chi connectivity index (χ2n) is 4.03. The lowest BCUT2D eigenvalue weighted by atomic mass is 10.0. The van der Waals surface area contributed by atoms with Crippen LogP contribution in [0.4, 0.5) is 4.39 Å². The third-order valence-corrected chi connectivity index (χ3v) is 3.20. The Labute approximate surface area is 117 Å². The Morgan fingerprint density at radius 1 is 1.16 bits per heavy atom. The lowest BCUT2D eigenvalue weighted by Gasteiger charge is -2.16. The number of benzene rings is 2. The molecule has 19 heavy (non-hydrogen) atoms. The zero-order valence-corrected chi connectivity index (χ0v) is 11.1. The lowest BCUT2D eigenvalue weighted by molar-refractivity contribution is 0.338. The van der Waals surface area contributed by atoms with Gasteiger partial charge < -0.3 is 4.74 Å². The lowest BCUT2D eigenvalue weighted by Crippen LogP contribution is -2.03. The van der Waals surface area contributed by atoms with Crippen LogP contribution in [0.5, 0.6) is 5.75 Å². The van der Waals surface area contributed by atoms with Crippen LogP contribution in [0.15, 0.2) is 61.2 Å². The van der Waals surface area contributed by atoms with E-state index >= 15 is 0 Å². The first kappa shape index (κ1) is 13.6. The van der Waals surface area contributed by atoms with Crippen molar-refractivity contribution >= 4 is 11.6 Å². The average molecular weight is 277 g/mol. The molecule has 0 heterocycles. The highest BCUT2D eigenvalue weighted by Gasteiger charge is 2.18. The molecule has 0 saturated carbocycles. The van der Waals surface area contributed by atoms with Crippen LogP contribution in [0.3, 0.4) is 0 Å². The smallest absolute Gasteiger partial charge is 0.165 e. The molecule has 0 aliphatic rings. The first-order valence-electron chi connectivity index (χ1n) is 5.95. The van der Waals surface area contributed by atoms with Crippen LogP contribution < -0.4 is 4.74 Å². The number of para-hydroxylation sites is 1. The van der Waals surface area contributed by atoms with Gasteiger partial charge in [-0.1, -0.05) is 55.1 Å². The van der Waals surface area contributed by atoms with Gasteiger partial charge in [0.15, 0.2) is 11.6 Å². The number of hydrogen-bond donors (Lipinski definition) is 0. The Kier molecular flexibility index (Phi) is 4.58. The molecular weight excluding hydrogens is 263 g/mol. The molecule has 1 nitrogen and oxygen atoms in total. The summed E-state index contributed by atoms with van der Waals surface area (Å²) in [6.45, 7) is 3.80. The number of ether oxygens (including phenoxy) is 1. The van der Waals surface area contributed by atoms with Crippen LogP contribution in [-0.2, 0) is 0 Å². The maximum atomic E-state index is 13.8. The first-order valence-corrected chi connectivity index (χ1v) is 6.38. The Bertz CT molecular complexity index is 554. The highest BCUT2D eigenvalue weighted by Crippen LogP contribution is 2.36. The Balaban J connectivity index is 2.38. The highest BCUT2D eigenvalue weighted by molar-refractivity contribution is 6.22. The van der Waals surface area contributed by atoms with Crippen molar-refractivity contribution in [2.75, 3.05) is 6.61 Å². The standard InChI is InChI=1S/C16H14ClFO/c1-2-11-19-16-13(9-6-10-14(16)18)15(17)12-7-4-3-5-8-12/h2-10,15H,1,11H2. The van der Waals surface area contributed by atoms with Crippen molar-refractivity contribution in [2.24, 2.45) is 0 Å². The Morgan fingerprint density at radius 3 is 2.58 bits per heavy atom. The van der Waals surface area contributed by atoms with Gasteiger partial charge in [-0.2, -0.15) is 0 Å². The maximum absolute atomic E-state index is 13.8. The van der Waals surface area contributed by atoms with E-state index in [2.05, 4.69) is 6.58 Å². The zero-order chi connectivity index (χ0) is 13.7. The van der Waals surface area contributed by atoms with E-state index in [4.69, 9.17) is 16.3 Å². The molecule has 1 unspecified atom stereocenters. The minimum Gasteiger partial charge on any atom is -0.486 e. The van der Waals surface area contributed by atoms with E-state index in [1.54, 1.807) is 18.2 Å². The second-order valence-corrected chi connectivity index (χ2v) is 4.47. The van der Waals surface area contributed by atoms with Crippen LogP contribution in [0.25, 0.3) is 0 Å². The normalized spacial score (nSPS) is 11.9. The highest BCUT2D eigenvalue weighted by atomic mass is 35.5. The summed E-state index contributed by atoms with van der Waals surface area (Å²) in [5.74, 6) is -0.229. The molecule has 3 heteroatoms. The summed E-state index contributed by atoms with van der Waals surface area (Å²) in [5, 5.41) is -0.447. The Hall–Kier alpha value is -1.80. The van der Waals surface area contributed by atoms with Gasteiger partial charge >= 0.3 is 0 Å². The fraction of sp³-hybridized carbons (Fsp3) is 0.125. The van der Waals surface area contributed by atoms with Crippen LogP contribution in [0, 0.1) is 5.82 Å². The van der Waals surface area contributed by atoms with Gasteiger partial charge in [0.2, 0.25) is 0 Å². The molecular formula is C16H14ClFO. The van der Waals surface area contributed by atoms with Gasteiger partial charge in [0.25, 0.3) is 0 Å². The summed E-state index contributed by atoms with van der Waals surface area (Å²) in [7, 11) is 0. The third-order valence-electron chi connectivity index (χ3n) is 2.71. The van der Waals surface area contributed by atoms with Crippen molar-refractivity contribution in [1.82, 2.24) is 0 Å². The molecule has 0 radical (unpaired) electrons. The van der Waals surface area contributed by atoms with E-state index in [-0.39, 0.29) is 12.4 Å². The molecule has 0 aliphatic heterocycles. The average Bonchev–Trinajstić information content (AvgIpc) is 2.46. The molecule has 1 atom stereocenters. The van der Waals surface area contributed by atoms with Crippen molar-refractivity contribution in [2.45, 2.75) is 5.38 Å². The van der Waals surface area contributed by atoms with Gasteiger partial charge in [-0.25, -0.2) is 4.39 Å². The van der Waals surface area contributed by atoms with E-state index in [0.29, 0.717) is 5.56 Å². The van der Waals surface area contributed by atoms with E-state index in [1.807, 2.05) is 30.3 Å². The minimum atomic E-state index is -0.447. The van der Waals surface area contributed by atoms with Crippen LogP contribution >= 0.6 is 11.6 Å². The molecule has 0 saturated heterocycles. The van der Waals surface area contributed by atoms with Crippen molar-refractivity contribution in [3.8, 4) is 5.75 Å². The fourth-order valence-corrected chi connectivity index (χ4v) is 2.14. The molecule has 0 amide bonds. The van der Waals surface area contributed by atoms with Crippen LogP contribution in [0.1, 0.15) is 16.5 Å². The summed E-state index contributed by atoms with van der Waals surface area (Å²) in [6.07, 6.45) is 1.57. The molecule has 0 aromatic heterocycles. The molecule has 0 N–H and O–H groups in total. The van der Waals surface area contributed by atoms with Gasteiger partial charge in [0.1, 0.15) is 6.61 Å². The molecule has 0 fully saturated rings. The fourth-order valence-electron chi connectivity index (χ4n) is 1.82.